The van der Waals surface area contributed by atoms with Gasteiger partial charge in [-0.3, -0.25) is 15.0 Å². The lowest BCUT2D eigenvalue weighted by atomic mass is 10.1. The Morgan fingerprint density at radius 3 is 2.74 bits per heavy atom. The number of hydrogen-bond acceptors (Lipinski definition) is 5. The quantitative estimate of drug-likeness (QED) is 0.557. The molecule has 0 N–H and O–H groups in total. The molecule has 1 aromatic carbocycles. The van der Waals surface area contributed by atoms with Gasteiger partial charge in [0, 0.05) is 25.6 Å². The smallest absolute Gasteiger partial charge is 0.273 e. The molecule has 0 aliphatic heterocycles. The summed E-state index contributed by atoms with van der Waals surface area (Å²) in [6.07, 6.45) is 0.444. The molecule has 0 heterocycles. The number of hydrogen-bond donors (Lipinski definition) is 0. The van der Waals surface area contributed by atoms with Gasteiger partial charge in [0.15, 0.2) is 0 Å². The molecule has 0 saturated carbocycles. The monoisotopic (exact) mass is 263 g/mol. The van der Waals surface area contributed by atoms with E-state index in [0.29, 0.717) is 25.3 Å². The Kier molecular flexibility index (Phi) is 5.76. The molecule has 102 valence electrons. The fourth-order valence-corrected chi connectivity index (χ4v) is 1.77. The van der Waals surface area contributed by atoms with Crippen molar-refractivity contribution in [1.82, 2.24) is 4.90 Å². The second-order valence-electron chi connectivity index (χ2n) is 4.07. The van der Waals surface area contributed by atoms with Gasteiger partial charge in [-0.25, -0.2) is 0 Å². The highest BCUT2D eigenvalue weighted by atomic mass is 16.6. The minimum Gasteiger partial charge on any atom is -0.496 e. The highest BCUT2D eigenvalue weighted by Gasteiger charge is 2.12. The molecule has 0 aliphatic carbocycles. The molecule has 6 heteroatoms. The third-order valence-electron chi connectivity index (χ3n) is 2.79. The summed E-state index contributed by atoms with van der Waals surface area (Å²) in [5.41, 5.74) is 0.830. The molecule has 0 radical (unpaired) electrons. The van der Waals surface area contributed by atoms with Gasteiger partial charge in [0.25, 0.3) is 5.69 Å². The molecule has 0 aliphatic rings. The van der Waals surface area contributed by atoms with E-state index < -0.39 is 4.92 Å². The van der Waals surface area contributed by atoms with Crippen LogP contribution in [0.4, 0.5) is 5.69 Å². The first-order valence-corrected chi connectivity index (χ1v) is 6.02. The van der Waals surface area contributed by atoms with Crippen LogP contribution in [0.15, 0.2) is 18.2 Å². The van der Waals surface area contributed by atoms with Gasteiger partial charge < -0.3 is 4.74 Å². The Morgan fingerprint density at radius 1 is 1.47 bits per heavy atom. The third kappa shape index (κ3) is 4.56. The zero-order chi connectivity index (χ0) is 14.3. The summed E-state index contributed by atoms with van der Waals surface area (Å²) >= 11 is 0. The first kappa shape index (κ1) is 14.9. The molecule has 1 rings (SSSR count). The fraction of sp³-hybridized carbons (Fsp3) is 0.462. The van der Waals surface area contributed by atoms with Gasteiger partial charge in [-0.2, -0.15) is 5.26 Å². The van der Waals surface area contributed by atoms with E-state index in [9.17, 15) is 10.1 Å². The summed E-state index contributed by atoms with van der Waals surface area (Å²) in [6, 6.07) is 6.81. The molecule has 1 aromatic rings. The van der Waals surface area contributed by atoms with Crippen molar-refractivity contribution in [1.29, 1.82) is 5.26 Å². The van der Waals surface area contributed by atoms with Crippen molar-refractivity contribution in [3.8, 4) is 11.8 Å². The predicted octanol–water partition coefficient (Wildman–Crippen LogP) is 2.34. The van der Waals surface area contributed by atoms with Crippen LogP contribution in [0, 0.1) is 21.4 Å². The third-order valence-corrected chi connectivity index (χ3v) is 2.79. The van der Waals surface area contributed by atoms with Crippen molar-refractivity contribution in [2.45, 2.75) is 19.9 Å². The molecule has 0 fully saturated rings. The van der Waals surface area contributed by atoms with Gasteiger partial charge in [0.05, 0.1) is 24.2 Å². The topological polar surface area (TPSA) is 79.4 Å². The zero-order valence-electron chi connectivity index (χ0n) is 11.1. The van der Waals surface area contributed by atoms with Crippen molar-refractivity contribution in [3.05, 3.63) is 33.9 Å². The van der Waals surface area contributed by atoms with Gasteiger partial charge in [0.1, 0.15) is 5.75 Å². The Labute approximate surface area is 112 Å². The summed E-state index contributed by atoms with van der Waals surface area (Å²) in [5, 5.41) is 19.4. The Morgan fingerprint density at radius 2 is 2.21 bits per heavy atom. The second-order valence-corrected chi connectivity index (χ2v) is 4.07. The molecular weight excluding hydrogens is 246 g/mol. The summed E-state index contributed by atoms with van der Waals surface area (Å²) < 4.78 is 5.07. The van der Waals surface area contributed by atoms with E-state index in [1.807, 2.05) is 6.92 Å². The normalized spacial score (nSPS) is 10.2. The summed E-state index contributed by atoms with van der Waals surface area (Å²) in [4.78, 5) is 12.5. The highest BCUT2D eigenvalue weighted by Crippen LogP contribution is 2.23. The zero-order valence-corrected chi connectivity index (χ0v) is 11.1. The van der Waals surface area contributed by atoms with Crippen LogP contribution in [0.2, 0.25) is 0 Å². The summed E-state index contributed by atoms with van der Waals surface area (Å²) in [5.74, 6) is 0.473. The van der Waals surface area contributed by atoms with E-state index in [1.54, 1.807) is 6.07 Å². The number of ether oxygens (including phenoxy) is 1. The number of nitrogens with zero attached hydrogens (tertiary/aromatic N) is 3. The Hall–Kier alpha value is -2.13. The van der Waals surface area contributed by atoms with Crippen LogP contribution in [-0.4, -0.2) is 30.0 Å². The van der Waals surface area contributed by atoms with Crippen LogP contribution in [-0.2, 0) is 6.54 Å². The molecule has 0 unspecified atom stereocenters. The number of rotatable bonds is 7. The first-order valence-electron chi connectivity index (χ1n) is 6.02. The number of nitro benzene ring substituents is 1. The Balaban J connectivity index is 2.89. The molecule has 6 nitrogen and oxygen atoms in total. The lowest BCUT2D eigenvalue weighted by Gasteiger charge is -2.19. The van der Waals surface area contributed by atoms with E-state index in [2.05, 4.69) is 11.0 Å². The number of non-ortho nitro benzene ring substituents is 1. The van der Waals surface area contributed by atoms with Crippen molar-refractivity contribution in [3.63, 3.8) is 0 Å². The van der Waals surface area contributed by atoms with Crippen molar-refractivity contribution in [2.75, 3.05) is 20.2 Å². The second kappa shape index (κ2) is 7.34. The van der Waals surface area contributed by atoms with Gasteiger partial charge in [-0.15, -0.1) is 0 Å². The average molecular weight is 263 g/mol. The molecule has 0 aromatic heterocycles. The lowest BCUT2D eigenvalue weighted by Crippen LogP contribution is -2.23. The van der Waals surface area contributed by atoms with E-state index in [0.717, 1.165) is 12.1 Å². The van der Waals surface area contributed by atoms with E-state index >= 15 is 0 Å². The number of nitriles is 1. The Bertz CT molecular complexity index is 483. The minimum absolute atomic E-state index is 0.0192. The first-order chi connectivity index (χ1) is 9.10. The van der Waals surface area contributed by atoms with Crippen molar-refractivity contribution in [2.24, 2.45) is 0 Å². The molecule has 19 heavy (non-hydrogen) atoms. The molecule has 0 saturated heterocycles. The SMILES string of the molecule is CCN(CCC#N)Cc1cc(OC)cc([N+](=O)[O-])c1. The van der Waals surface area contributed by atoms with Crippen molar-refractivity contribution >= 4 is 5.69 Å². The maximum absolute atomic E-state index is 10.8. The molecule has 0 amide bonds. The van der Waals surface area contributed by atoms with E-state index in [-0.39, 0.29) is 5.69 Å². The number of methoxy groups -OCH3 is 1. The van der Waals surface area contributed by atoms with Crippen LogP contribution in [0.5, 0.6) is 5.75 Å². The molecule has 0 atom stereocenters. The largest absolute Gasteiger partial charge is 0.496 e. The highest BCUT2D eigenvalue weighted by molar-refractivity contribution is 5.42. The van der Waals surface area contributed by atoms with Gasteiger partial charge in [-0.05, 0) is 18.2 Å². The molecule has 0 spiro atoms. The fourth-order valence-electron chi connectivity index (χ4n) is 1.77. The van der Waals surface area contributed by atoms with Crippen LogP contribution < -0.4 is 4.74 Å². The maximum atomic E-state index is 10.8. The van der Waals surface area contributed by atoms with Crippen molar-refractivity contribution < 1.29 is 9.66 Å². The van der Waals surface area contributed by atoms with Crippen LogP contribution in [0.25, 0.3) is 0 Å². The maximum Gasteiger partial charge on any atom is 0.273 e. The van der Waals surface area contributed by atoms with Crippen LogP contribution in [0.1, 0.15) is 18.9 Å². The standard InChI is InChI=1S/C13H17N3O3/c1-3-15(6-4-5-14)10-11-7-12(16(17)18)9-13(8-11)19-2/h7-9H,3-4,6,10H2,1-2H3. The van der Waals surface area contributed by atoms with E-state index in [1.165, 1.54) is 19.2 Å². The average Bonchev–Trinajstić information content (AvgIpc) is 2.42. The summed E-state index contributed by atoms with van der Waals surface area (Å²) in [6.45, 7) is 3.99. The van der Waals surface area contributed by atoms with Crippen LogP contribution in [0.3, 0.4) is 0 Å². The van der Waals surface area contributed by atoms with Crippen LogP contribution >= 0.6 is 0 Å². The van der Waals surface area contributed by atoms with Gasteiger partial charge in [0.2, 0.25) is 0 Å². The molecular formula is C13H17N3O3. The number of benzene rings is 1. The number of nitro groups is 1. The van der Waals surface area contributed by atoms with Gasteiger partial charge >= 0.3 is 0 Å². The van der Waals surface area contributed by atoms with Gasteiger partial charge in [-0.1, -0.05) is 6.92 Å². The lowest BCUT2D eigenvalue weighted by molar-refractivity contribution is -0.385. The molecule has 0 bridgehead atoms. The predicted molar refractivity (Wildman–Crippen MR) is 70.8 cm³/mol. The minimum atomic E-state index is -0.433. The van der Waals surface area contributed by atoms with E-state index in [4.69, 9.17) is 10.00 Å². The summed E-state index contributed by atoms with van der Waals surface area (Å²) in [7, 11) is 1.48.